The molecule has 27 heavy (non-hydrogen) atoms. The van der Waals surface area contributed by atoms with E-state index in [4.69, 9.17) is 11.6 Å². The van der Waals surface area contributed by atoms with Gasteiger partial charge in [0.05, 0.1) is 10.4 Å². The van der Waals surface area contributed by atoms with E-state index in [1.165, 1.54) is 12.1 Å². The lowest BCUT2D eigenvalue weighted by Crippen LogP contribution is -2.54. The standard InChI is InChI=1S/C21H23ClFN3O/c22-18-7-4-10-24-19(18)25-11-13-26(14-12-25)20(27)21(8-1-2-9-21)16-5-3-6-17(23)15-16/h3-7,10,15H,1-2,8-9,11-14H2. The molecule has 0 bridgehead atoms. The van der Waals surface area contributed by atoms with E-state index in [2.05, 4.69) is 9.88 Å². The van der Waals surface area contributed by atoms with E-state index in [1.54, 1.807) is 12.3 Å². The molecule has 2 fully saturated rings. The molecule has 4 rings (SSSR count). The Morgan fingerprint density at radius 1 is 1.07 bits per heavy atom. The van der Waals surface area contributed by atoms with Gasteiger partial charge in [0.15, 0.2) is 0 Å². The van der Waals surface area contributed by atoms with Gasteiger partial charge in [-0.1, -0.05) is 36.6 Å². The fraction of sp³-hybridized carbons (Fsp3) is 0.429. The highest BCUT2D eigenvalue weighted by atomic mass is 35.5. The van der Waals surface area contributed by atoms with Crippen LogP contribution in [0, 0.1) is 5.82 Å². The first-order valence-corrected chi connectivity index (χ1v) is 9.89. The van der Waals surface area contributed by atoms with Crippen LogP contribution in [0.4, 0.5) is 10.2 Å². The van der Waals surface area contributed by atoms with Crippen LogP contribution in [0.2, 0.25) is 5.02 Å². The quantitative estimate of drug-likeness (QED) is 0.797. The molecule has 6 heteroatoms. The van der Waals surface area contributed by atoms with E-state index < -0.39 is 5.41 Å². The Morgan fingerprint density at radius 2 is 1.81 bits per heavy atom. The van der Waals surface area contributed by atoms with Gasteiger partial charge in [-0.2, -0.15) is 0 Å². The Morgan fingerprint density at radius 3 is 2.48 bits per heavy atom. The average Bonchev–Trinajstić information content (AvgIpc) is 3.19. The maximum Gasteiger partial charge on any atom is 0.233 e. The smallest absolute Gasteiger partial charge is 0.233 e. The number of aromatic nitrogens is 1. The number of rotatable bonds is 3. The topological polar surface area (TPSA) is 36.4 Å². The highest BCUT2D eigenvalue weighted by Crippen LogP contribution is 2.43. The number of pyridine rings is 1. The SMILES string of the molecule is O=C(N1CCN(c2ncccc2Cl)CC1)C1(c2cccc(F)c2)CCCC1. The van der Waals surface area contributed by atoms with Crippen molar-refractivity contribution in [2.45, 2.75) is 31.1 Å². The lowest BCUT2D eigenvalue weighted by molar-refractivity contribution is -0.137. The van der Waals surface area contributed by atoms with Gasteiger partial charge in [-0.25, -0.2) is 9.37 Å². The van der Waals surface area contributed by atoms with E-state index in [-0.39, 0.29) is 11.7 Å². The zero-order valence-corrected chi connectivity index (χ0v) is 16.0. The van der Waals surface area contributed by atoms with Crippen molar-refractivity contribution in [1.82, 2.24) is 9.88 Å². The summed E-state index contributed by atoms with van der Waals surface area (Å²) in [6.07, 6.45) is 5.33. The molecule has 0 N–H and O–H groups in total. The maximum atomic E-state index is 13.8. The first-order valence-electron chi connectivity index (χ1n) is 9.51. The van der Waals surface area contributed by atoms with Crippen LogP contribution in [0.1, 0.15) is 31.2 Å². The average molecular weight is 388 g/mol. The largest absolute Gasteiger partial charge is 0.352 e. The number of carbonyl (C=O) groups is 1. The Balaban J connectivity index is 1.52. The van der Waals surface area contributed by atoms with Gasteiger partial charge >= 0.3 is 0 Å². The van der Waals surface area contributed by atoms with Crippen LogP contribution in [0.15, 0.2) is 42.6 Å². The monoisotopic (exact) mass is 387 g/mol. The molecule has 142 valence electrons. The van der Waals surface area contributed by atoms with E-state index in [0.717, 1.165) is 37.1 Å². The van der Waals surface area contributed by atoms with Crippen molar-refractivity contribution in [3.8, 4) is 0 Å². The minimum absolute atomic E-state index is 0.136. The highest BCUT2D eigenvalue weighted by Gasteiger charge is 2.45. The van der Waals surface area contributed by atoms with Gasteiger partial charge in [0.25, 0.3) is 0 Å². The van der Waals surface area contributed by atoms with E-state index in [0.29, 0.717) is 31.2 Å². The third-order valence-corrected chi connectivity index (χ3v) is 6.14. The molecule has 1 aliphatic heterocycles. The molecule has 2 aliphatic rings. The van der Waals surface area contributed by atoms with Crippen molar-refractivity contribution < 1.29 is 9.18 Å². The lowest BCUT2D eigenvalue weighted by atomic mass is 9.77. The van der Waals surface area contributed by atoms with Crippen molar-refractivity contribution >= 4 is 23.3 Å². The summed E-state index contributed by atoms with van der Waals surface area (Å²) in [5.41, 5.74) is 0.243. The number of benzene rings is 1. The summed E-state index contributed by atoms with van der Waals surface area (Å²) < 4.78 is 13.8. The number of amides is 1. The van der Waals surface area contributed by atoms with Crippen LogP contribution in [0.3, 0.4) is 0 Å². The van der Waals surface area contributed by atoms with Gasteiger partial charge in [0, 0.05) is 32.4 Å². The van der Waals surface area contributed by atoms with E-state index in [9.17, 15) is 9.18 Å². The van der Waals surface area contributed by atoms with Gasteiger partial charge in [0.2, 0.25) is 5.91 Å². The first-order chi connectivity index (χ1) is 13.1. The van der Waals surface area contributed by atoms with Crippen LogP contribution < -0.4 is 4.90 Å². The first kappa shape index (κ1) is 18.2. The summed E-state index contributed by atoms with van der Waals surface area (Å²) in [5, 5.41) is 0.629. The lowest BCUT2D eigenvalue weighted by Gasteiger charge is -2.40. The predicted molar refractivity (Wildman–Crippen MR) is 105 cm³/mol. The second-order valence-corrected chi connectivity index (χ2v) is 7.79. The van der Waals surface area contributed by atoms with Crippen LogP contribution >= 0.6 is 11.6 Å². The summed E-state index contributed by atoms with van der Waals surface area (Å²) >= 11 is 6.26. The van der Waals surface area contributed by atoms with Crippen molar-refractivity contribution in [3.05, 3.63) is 59.0 Å². The van der Waals surface area contributed by atoms with Gasteiger partial charge in [0.1, 0.15) is 11.6 Å². The maximum absolute atomic E-state index is 13.8. The molecule has 2 aromatic rings. The molecule has 0 atom stereocenters. The summed E-state index contributed by atoms with van der Waals surface area (Å²) in [4.78, 5) is 21.9. The molecule has 1 aliphatic carbocycles. The van der Waals surface area contributed by atoms with Gasteiger partial charge in [-0.05, 0) is 42.7 Å². The minimum Gasteiger partial charge on any atom is -0.352 e. The summed E-state index contributed by atoms with van der Waals surface area (Å²) in [5.74, 6) is 0.630. The van der Waals surface area contributed by atoms with Gasteiger partial charge in [-0.15, -0.1) is 0 Å². The molecule has 2 heterocycles. The molecule has 0 unspecified atom stereocenters. The second-order valence-electron chi connectivity index (χ2n) is 7.39. The zero-order chi connectivity index (χ0) is 18.9. The highest BCUT2D eigenvalue weighted by molar-refractivity contribution is 6.32. The number of hydrogen-bond donors (Lipinski definition) is 0. The van der Waals surface area contributed by atoms with Crippen molar-refractivity contribution in [1.29, 1.82) is 0 Å². The van der Waals surface area contributed by atoms with E-state index in [1.807, 2.05) is 23.1 Å². The predicted octanol–water partition coefficient (Wildman–Crippen LogP) is 4.03. The van der Waals surface area contributed by atoms with Crippen LogP contribution in [0.25, 0.3) is 0 Å². The Bertz CT molecular complexity index is 830. The number of hydrogen-bond acceptors (Lipinski definition) is 3. The van der Waals surface area contributed by atoms with E-state index >= 15 is 0 Å². The Labute approximate surface area is 163 Å². The molecule has 1 aromatic carbocycles. The molecule has 1 saturated carbocycles. The number of anilines is 1. The number of halogens is 2. The Hall–Kier alpha value is -2.14. The number of nitrogens with zero attached hydrogens (tertiary/aromatic N) is 3. The van der Waals surface area contributed by atoms with Gasteiger partial charge < -0.3 is 9.80 Å². The molecule has 1 saturated heterocycles. The van der Waals surface area contributed by atoms with Crippen LogP contribution in [-0.2, 0) is 10.2 Å². The molecule has 0 radical (unpaired) electrons. The number of carbonyl (C=O) groups excluding carboxylic acids is 1. The van der Waals surface area contributed by atoms with Gasteiger partial charge in [-0.3, -0.25) is 4.79 Å². The molecular weight excluding hydrogens is 365 g/mol. The van der Waals surface area contributed by atoms with Crippen molar-refractivity contribution in [2.75, 3.05) is 31.1 Å². The molecule has 0 spiro atoms. The molecule has 4 nitrogen and oxygen atoms in total. The third-order valence-electron chi connectivity index (χ3n) is 5.85. The van der Waals surface area contributed by atoms with Crippen LogP contribution in [0.5, 0.6) is 0 Å². The summed E-state index contributed by atoms with van der Waals surface area (Å²) in [6.45, 7) is 2.65. The van der Waals surface area contributed by atoms with Crippen LogP contribution in [-0.4, -0.2) is 42.0 Å². The minimum atomic E-state index is -0.576. The van der Waals surface area contributed by atoms with Crippen molar-refractivity contribution in [3.63, 3.8) is 0 Å². The molecule has 1 aromatic heterocycles. The summed E-state index contributed by atoms with van der Waals surface area (Å²) in [7, 11) is 0. The number of piperazine rings is 1. The normalized spacial score (nSPS) is 19.3. The summed E-state index contributed by atoms with van der Waals surface area (Å²) in [6, 6.07) is 10.2. The zero-order valence-electron chi connectivity index (χ0n) is 15.2. The second kappa shape index (κ2) is 7.47. The fourth-order valence-electron chi connectivity index (χ4n) is 4.42. The third kappa shape index (κ3) is 3.41. The molecule has 1 amide bonds. The molecular formula is C21H23ClFN3O. The fourth-order valence-corrected chi connectivity index (χ4v) is 4.67. The Kier molecular flexibility index (Phi) is 5.04. The van der Waals surface area contributed by atoms with Crippen molar-refractivity contribution in [2.24, 2.45) is 0 Å².